The topological polar surface area (TPSA) is 12.5 Å². The maximum atomic E-state index is 5.77. The summed E-state index contributed by atoms with van der Waals surface area (Å²) in [7, 11) is 7.53. The van der Waals surface area contributed by atoms with Gasteiger partial charge in [0.25, 0.3) is 0 Å². The Balaban J connectivity index is 1.96. The van der Waals surface area contributed by atoms with Gasteiger partial charge in [-0.15, -0.1) is 0 Å². The smallest absolute Gasteiger partial charge is 0.121 e. The molecule has 0 N–H and O–H groups in total. The van der Waals surface area contributed by atoms with Crippen LogP contribution in [-0.4, -0.2) is 20.7 Å². The second kappa shape index (κ2) is 6.07. The molecule has 0 atom stereocenters. The quantitative estimate of drug-likeness (QED) is 0.764. The van der Waals surface area contributed by atoms with Crippen molar-refractivity contribution in [1.29, 1.82) is 0 Å². The average Bonchev–Trinajstić information content (AvgIpc) is 2.38. The van der Waals surface area contributed by atoms with Crippen molar-refractivity contribution in [3.63, 3.8) is 0 Å². The number of anilines is 1. The lowest BCUT2D eigenvalue weighted by atomic mass is 10.3. The summed E-state index contributed by atoms with van der Waals surface area (Å²) in [5, 5.41) is 2.07. The van der Waals surface area contributed by atoms with E-state index in [0.29, 0.717) is 6.61 Å². The van der Waals surface area contributed by atoms with Gasteiger partial charge < -0.3 is 9.64 Å². The van der Waals surface area contributed by atoms with Gasteiger partial charge in [0, 0.05) is 30.8 Å². The molecule has 0 saturated carbocycles. The van der Waals surface area contributed by atoms with E-state index in [-0.39, 0.29) is 0 Å². The number of hydrogen-bond donors (Lipinski definition) is 0. The number of hydrogen-bond acceptors (Lipinski definition) is 4. The molecule has 90 valence electrons. The summed E-state index contributed by atoms with van der Waals surface area (Å²) in [6.07, 6.45) is 4.15. The number of ether oxygens (including phenoxy) is 1. The molecule has 0 aromatic heterocycles. The van der Waals surface area contributed by atoms with Gasteiger partial charge in [0.05, 0.1) is 0 Å². The number of benzene rings is 1. The molecule has 1 aliphatic heterocycles. The predicted molar refractivity (Wildman–Crippen MR) is 78.7 cm³/mol. The molecule has 1 aliphatic rings. The SMILES string of the molecule is CN(C)c1cccc(OCC2=CC=CSS2)c1. The first-order valence-corrected chi connectivity index (χ1v) is 7.56. The standard InChI is InChI=1S/C13H15NOS2/c1-14(2)11-5-3-6-12(9-11)15-10-13-7-4-8-16-17-13/h3-9H,10H2,1-2H3. The normalized spacial score (nSPS) is 14.4. The van der Waals surface area contributed by atoms with Gasteiger partial charge in [-0.2, -0.15) is 0 Å². The molecular formula is C13H15NOS2. The molecule has 1 aromatic rings. The van der Waals surface area contributed by atoms with Crippen LogP contribution in [0.5, 0.6) is 5.75 Å². The molecule has 0 bridgehead atoms. The lowest BCUT2D eigenvalue weighted by Crippen LogP contribution is -2.08. The van der Waals surface area contributed by atoms with E-state index in [1.54, 1.807) is 21.6 Å². The molecule has 2 rings (SSSR count). The van der Waals surface area contributed by atoms with Crippen LogP contribution in [0.2, 0.25) is 0 Å². The lowest BCUT2D eigenvalue weighted by Gasteiger charge is -2.14. The van der Waals surface area contributed by atoms with Crippen LogP contribution in [0, 0.1) is 0 Å². The van der Waals surface area contributed by atoms with Gasteiger partial charge in [-0.1, -0.05) is 33.7 Å². The average molecular weight is 265 g/mol. The summed E-state index contributed by atoms with van der Waals surface area (Å²) in [5.74, 6) is 0.914. The van der Waals surface area contributed by atoms with E-state index in [0.717, 1.165) is 11.4 Å². The zero-order valence-electron chi connectivity index (χ0n) is 9.92. The molecule has 1 heterocycles. The molecule has 0 unspecified atom stereocenters. The van der Waals surface area contributed by atoms with Crippen LogP contribution in [0.25, 0.3) is 0 Å². The van der Waals surface area contributed by atoms with Crippen molar-refractivity contribution >= 4 is 27.3 Å². The van der Waals surface area contributed by atoms with E-state index in [9.17, 15) is 0 Å². The second-order valence-corrected chi connectivity index (χ2v) is 6.05. The van der Waals surface area contributed by atoms with Gasteiger partial charge in [0.2, 0.25) is 0 Å². The van der Waals surface area contributed by atoms with Crippen molar-refractivity contribution in [3.8, 4) is 5.75 Å². The van der Waals surface area contributed by atoms with Gasteiger partial charge in [0.15, 0.2) is 0 Å². The van der Waals surface area contributed by atoms with Crippen molar-refractivity contribution < 1.29 is 4.74 Å². The fraction of sp³-hybridized carbons (Fsp3) is 0.231. The van der Waals surface area contributed by atoms with Crippen molar-refractivity contribution in [1.82, 2.24) is 0 Å². The Morgan fingerprint density at radius 3 is 2.88 bits per heavy atom. The Morgan fingerprint density at radius 2 is 2.18 bits per heavy atom. The summed E-state index contributed by atoms with van der Waals surface area (Å²) < 4.78 is 5.77. The first-order valence-electron chi connectivity index (χ1n) is 5.35. The van der Waals surface area contributed by atoms with Crippen LogP contribution < -0.4 is 9.64 Å². The molecule has 4 heteroatoms. The van der Waals surface area contributed by atoms with Gasteiger partial charge in [0.1, 0.15) is 12.4 Å². The van der Waals surface area contributed by atoms with Gasteiger partial charge >= 0.3 is 0 Å². The molecule has 0 amide bonds. The predicted octanol–water partition coefficient (Wildman–Crippen LogP) is 3.92. The summed E-state index contributed by atoms with van der Waals surface area (Å²) in [4.78, 5) is 3.31. The minimum Gasteiger partial charge on any atom is -0.488 e. The van der Waals surface area contributed by atoms with E-state index in [4.69, 9.17) is 4.74 Å². The molecule has 0 saturated heterocycles. The lowest BCUT2D eigenvalue weighted by molar-refractivity contribution is 0.360. The second-order valence-electron chi connectivity index (χ2n) is 3.82. The van der Waals surface area contributed by atoms with Crippen LogP contribution >= 0.6 is 21.6 Å². The highest BCUT2D eigenvalue weighted by molar-refractivity contribution is 8.79. The van der Waals surface area contributed by atoms with Crippen LogP contribution in [0.4, 0.5) is 5.69 Å². The summed E-state index contributed by atoms with van der Waals surface area (Å²) in [6.45, 7) is 0.638. The summed E-state index contributed by atoms with van der Waals surface area (Å²) in [5.41, 5.74) is 1.15. The van der Waals surface area contributed by atoms with E-state index in [2.05, 4.69) is 34.6 Å². The monoisotopic (exact) mass is 265 g/mol. The Morgan fingerprint density at radius 1 is 1.29 bits per heavy atom. The van der Waals surface area contributed by atoms with E-state index < -0.39 is 0 Å². The number of allylic oxidation sites excluding steroid dienone is 2. The van der Waals surface area contributed by atoms with Crippen molar-refractivity contribution in [2.75, 3.05) is 25.6 Å². The molecular weight excluding hydrogens is 250 g/mol. The first kappa shape index (κ1) is 12.5. The van der Waals surface area contributed by atoms with Crippen LogP contribution in [0.3, 0.4) is 0 Å². The highest BCUT2D eigenvalue weighted by atomic mass is 33.1. The zero-order valence-corrected chi connectivity index (χ0v) is 11.6. The molecule has 1 aromatic carbocycles. The van der Waals surface area contributed by atoms with Crippen molar-refractivity contribution in [2.24, 2.45) is 0 Å². The fourth-order valence-corrected chi connectivity index (χ4v) is 2.98. The highest BCUT2D eigenvalue weighted by Crippen LogP contribution is 2.34. The minimum absolute atomic E-state index is 0.638. The zero-order chi connectivity index (χ0) is 12.1. The van der Waals surface area contributed by atoms with Gasteiger partial charge in [-0.3, -0.25) is 0 Å². The van der Waals surface area contributed by atoms with Crippen molar-refractivity contribution in [2.45, 2.75) is 0 Å². The van der Waals surface area contributed by atoms with Gasteiger partial charge in [-0.05, 0) is 23.6 Å². The maximum absolute atomic E-state index is 5.77. The Labute approximate surface area is 110 Å². The fourth-order valence-electron chi connectivity index (χ4n) is 1.37. The third-order valence-electron chi connectivity index (χ3n) is 2.29. The molecule has 0 aliphatic carbocycles. The van der Waals surface area contributed by atoms with E-state index in [1.807, 2.05) is 26.2 Å². The Kier molecular flexibility index (Phi) is 4.45. The summed E-state index contributed by atoms with van der Waals surface area (Å²) >= 11 is 0. The van der Waals surface area contributed by atoms with Crippen LogP contribution in [-0.2, 0) is 0 Å². The third kappa shape index (κ3) is 3.75. The van der Waals surface area contributed by atoms with Crippen LogP contribution in [0.1, 0.15) is 0 Å². The highest BCUT2D eigenvalue weighted by Gasteiger charge is 2.03. The minimum atomic E-state index is 0.638. The first-order chi connectivity index (χ1) is 8.25. The number of rotatable bonds is 4. The van der Waals surface area contributed by atoms with E-state index in [1.165, 1.54) is 4.91 Å². The third-order valence-corrected chi connectivity index (χ3v) is 4.38. The molecule has 0 spiro atoms. The Hall–Kier alpha value is -1.000. The van der Waals surface area contributed by atoms with Crippen molar-refractivity contribution in [3.05, 3.63) is 46.7 Å². The molecule has 17 heavy (non-hydrogen) atoms. The molecule has 0 fully saturated rings. The summed E-state index contributed by atoms with van der Waals surface area (Å²) in [6, 6.07) is 8.13. The molecule has 0 radical (unpaired) electrons. The Bertz CT molecular complexity index is 441. The maximum Gasteiger partial charge on any atom is 0.121 e. The largest absolute Gasteiger partial charge is 0.488 e. The van der Waals surface area contributed by atoms with Gasteiger partial charge in [-0.25, -0.2) is 0 Å². The van der Waals surface area contributed by atoms with E-state index >= 15 is 0 Å². The number of nitrogens with zero attached hydrogens (tertiary/aromatic N) is 1. The van der Waals surface area contributed by atoms with Crippen LogP contribution in [0.15, 0.2) is 46.7 Å². The molecule has 2 nitrogen and oxygen atoms in total.